The lowest BCUT2D eigenvalue weighted by atomic mass is 10.2. The van der Waals surface area contributed by atoms with Gasteiger partial charge in [-0.2, -0.15) is 0 Å². The highest BCUT2D eigenvalue weighted by molar-refractivity contribution is 5.80. The third kappa shape index (κ3) is 1.96. The summed E-state index contributed by atoms with van der Waals surface area (Å²) in [7, 11) is 0. The maximum atomic E-state index is 6.04. The average molecular weight is 282 g/mol. The van der Waals surface area contributed by atoms with Gasteiger partial charge in [-0.3, -0.25) is 9.55 Å². The number of imidazole rings is 1. The molecule has 0 saturated carbocycles. The molecule has 4 rings (SSSR count). The van der Waals surface area contributed by atoms with Gasteiger partial charge < -0.3 is 15.2 Å². The summed E-state index contributed by atoms with van der Waals surface area (Å²) in [6, 6.07) is 7.67. The predicted molar refractivity (Wildman–Crippen MR) is 78.9 cm³/mol. The van der Waals surface area contributed by atoms with Gasteiger partial charge >= 0.3 is 0 Å². The second kappa shape index (κ2) is 4.66. The number of pyridine rings is 1. The molecule has 0 unspecified atom stereocenters. The average Bonchev–Trinajstić information content (AvgIpc) is 2.68. The molecule has 106 valence electrons. The second-order valence-corrected chi connectivity index (χ2v) is 4.85. The number of fused-ring (bicyclic) bond motifs is 2. The molecule has 0 atom stereocenters. The minimum atomic E-state index is 0.424. The van der Waals surface area contributed by atoms with E-state index in [2.05, 4.69) is 9.97 Å². The molecular formula is C15H14N4O2. The normalized spacial score (nSPS) is 14.1. The first-order valence-electron chi connectivity index (χ1n) is 6.81. The fourth-order valence-corrected chi connectivity index (χ4v) is 2.51. The molecule has 0 bridgehead atoms. The van der Waals surface area contributed by atoms with Crippen LogP contribution in [-0.4, -0.2) is 27.7 Å². The van der Waals surface area contributed by atoms with E-state index < -0.39 is 0 Å². The van der Waals surface area contributed by atoms with Crippen LogP contribution in [0.15, 0.2) is 36.7 Å². The van der Waals surface area contributed by atoms with Gasteiger partial charge in [0.25, 0.3) is 0 Å². The molecule has 0 aliphatic carbocycles. The zero-order valence-corrected chi connectivity index (χ0v) is 11.3. The molecule has 6 heteroatoms. The summed E-state index contributed by atoms with van der Waals surface area (Å²) in [5.74, 6) is 1.92. The van der Waals surface area contributed by atoms with Crippen LogP contribution in [0.3, 0.4) is 0 Å². The van der Waals surface area contributed by atoms with Crippen LogP contribution in [0.25, 0.3) is 16.7 Å². The van der Waals surface area contributed by atoms with Gasteiger partial charge in [0.05, 0.1) is 30.6 Å². The second-order valence-electron chi connectivity index (χ2n) is 4.85. The first kappa shape index (κ1) is 12.0. The van der Waals surface area contributed by atoms with Crippen LogP contribution in [0.1, 0.15) is 6.42 Å². The molecular weight excluding hydrogens is 268 g/mol. The summed E-state index contributed by atoms with van der Waals surface area (Å²) in [6.07, 6.45) is 4.31. The predicted octanol–water partition coefficient (Wildman–Crippen LogP) is 2.16. The molecule has 0 fully saturated rings. The van der Waals surface area contributed by atoms with Gasteiger partial charge in [-0.05, 0) is 18.2 Å². The van der Waals surface area contributed by atoms with Crippen LogP contribution in [0, 0.1) is 0 Å². The van der Waals surface area contributed by atoms with Gasteiger partial charge in [-0.1, -0.05) is 0 Å². The molecule has 3 aromatic rings. The standard InChI is InChI=1S/C15H14N4O2/c16-15-18-11-9-17-5-4-12(11)19(15)10-2-3-13-14(8-10)21-7-1-6-20-13/h2-5,8-9H,1,6-7H2,(H2,16,18). The topological polar surface area (TPSA) is 75.2 Å². The number of anilines is 1. The Hall–Kier alpha value is -2.76. The highest BCUT2D eigenvalue weighted by Crippen LogP contribution is 2.33. The van der Waals surface area contributed by atoms with E-state index in [9.17, 15) is 0 Å². The van der Waals surface area contributed by atoms with E-state index in [0.29, 0.717) is 19.2 Å². The largest absolute Gasteiger partial charge is 0.490 e. The van der Waals surface area contributed by atoms with Crippen molar-refractivity contribution >= 4 is 17.0 Å². The van der Waals surface area contributed by atoms with Crippen molar-refractivity contribution in [3.05, 3.63) is 36.7 Å². The fourth-order valence-electron chi connectivity index (χ4n) is 2.51. The lowest BCUT2D eigenvalue weighted by Crippen LogP contribution is -2.01. The smallest absolute Gasteiger partial charge is 0.205 e. The van der Waals surface area contributed by atoms with Gasteiger partial charge in [-0.25, -0.2) is 4.98 Å². The Labute approximate surface area is 121 Å². The van der Waals surface area contributed by atoms with Gasteiger partial charge in [0, 0.05) is 18.7 Å². The molecule has 21 heavy (non-hydrogen) atoms. The van der Waals surface area contributed by atoms with Crippen molar-refractivity contribution in [2.24, 2.45) is 0 Å². The highest BCUT2D eigenvalue weighted by atomic mass is 16.5. The molecule has 2 aromatic heterocycles. The summed E-state index contributed by atoms with van der Waals surface area (Å²) < 4.78 is 13.3. The van der Waals surface area contributed by atoms with Gasteiger partial charge in [0.1, 0.15) is 5.52 Å². The quantitative estimate of drug-likeness (QED) is 0.740. The van der Waals surface area contributed by atoms with E-state index in [1.165, 1.54) is 0 Å². The molecule has 1 aromatic carbocycles. The van der Waals surface area contributed by atoms with Crippen molar-refractivity contribution in [1.82, 2.24) is 14.5 Å². The number of benzene rings is 1. The molecule has 0 amide bonds. The van der Waals surface area contributed by atoms with Gasteiger partial charge in [0.2, 0.25) is 5.95 Å². The molecule has 1 aliphatic heterocycles. The Bertz CT molecular complexity index is 813. The highest BCUT2D eigenvalue weighted by Gasteiger charge is 2.14. The number of hydrogen-bond acceptors (Lipinski definition) is 5. The summed E-state index contributed by atoms with van der Waals surface area (Å²) in [4.78, 5) is 8.39. The molecule has 3 heterocycles. The monoisotopic (exact) mass is 282 g/mol. The van der Waals surface area contributed by atoms with Crippen LogP contribution < -0.4 is 15.2 Å². The molecule has 0 radical (unpaired) electrons. The minimum Gasteiger partial charge on any atom is -0.490 e. The zero-order valence-electron chi connectivity index (χ0n) is 11.3. The van der Waals surface area contributed by atoms with E-state index >= 15 is 0 Å². The van der Waals surface area contributed by atoms with E-state index in [4.69, 9.17) is 15.2 Å². The SMILES string of the molecule is Nc1nc2cnccc2n1-c1ccc2c(c1)OCCCO2. The van der Waals surface area contributed by atoms with Crippen LogP contribution in [0.5, 0.6) is 11.5 Å². The molecule has 2 N–H and O–H groups in total. The molecule has 1 aliphatic rings. The van der Waals surface area contributed by atoms with Crippen molar-refractivity contribution in [2.45, 2.75) is 6.42 Å². The van der Waals surface area contributed by atoms with Crippen LogP contribution in [-0.2, 0) is 0 Å². The Morgan fingerprint density at radius 2 is 1.95 bits per heavy atom. The van der Waals surface area contributed by atoms with Crippen molar-refractivity contribution in [2.75, 3.05) is 18.9 Å². The molecule has 0 saturated heterocycles. The van der Waals surface area contributed by atoms with Gasteiger partial charge in [-0.15, -0.1) is 0 Å². The Morgan fingerprint density at radius 3 is 2.86 bits per heavy atom. The summed E-state index contributed by atoms with van der Waals surface area (Å²) in [6.45, 7) is 1.33. The number of ether oxygens (including phenoxy) is 2. The third-order valence-corrected chi connectivity index (χ3v) is 3.47. The van der Waals surface area contributed by atoms with Crippen molar-refractivity contribution < 1.29 is 9.47 Å². The van der Waals surface area contributed by atoms with E-state index in [1.54, 1.807) is 12.4 Å². The van der Waals surface area contributed by atoms with Crippen molar-refractivity contribution in [3.8, 4) is 17.2 Å². The summed E-state index contributed by atoms with van der Waals surface area (Å²) in [5.41, 5.74) is 8.62. The first-order valence-corrected chi connectivity index (χ1v) is 6.81. The number of nitrogen functional groups attached to an aromatic ring is 1. The van der Waals surface area contributed by atoms with E-state index in [1.807, 2.05) is 28.8 Å². The molecule has 6 nitrogen and oxygen atoms in total. The number of nitrogens with two attached hydrogens (primary N) is 1. The Morgan fingerprint density at radius 1 is 1.10 bits per heavy atom. The minimum absolute atomic E-state index is 0.424. The van der Waals surface area contributed by atoms with Crippen molar-refractivity contribution in [1.29, 1.82) is 0 Å². The summed E-state index contributed by atoms with van der Waals surface area (Å²) in [5, 5.41) is 0. The van der Waals surface area contributed by atoms with Crippen LogP contribution in [0.4, 0.5) is 5.95 Å². The fraction of sp³-hybridized carbons (Fsp3) is 0.200. The van der Waals surface area contributed by atoms with Crippen LogP contribution in [0.2, 0.25) is 0 Å². The third-order valence-electron chi connectivity index (χ3n) is 3.47. The maximum absolute atomic E-state index is 6.04. The molecule has 0 spiro atoms. The van der Waals surface area contributed by atoms with Crippen LogP contribution >= 0.6 is 0 Å². The number of rotatable bonds is 1. The number of hydrogen-bond donors (Lipinski definition) is 1. The lowest BCUT2D eigenvalue weighted by molar-refractivity contribution is 0.297. The first-order chi connectivity index (χ1) is 10.3. The van der Waals surface area contributed by atoms with E-state index in [0.717, 1.165) is 34.6 Å². The summed E-state index contributed by atoms with van der Waals surface area (Å²) >= 11 is 0. The number of nitrogens with zero attached hydrogens (tertiary/aromatic N) is 3. The number of aromatic nitrogens is 3. The van der Waals surface area contributed by atoms with Gasteiger partial charge in [0.15, 0.2) is 11.5 Å². The maximum Gasteiger partial charge on any atom is 0.205 e. The van der Waals surface area contributed by atoms with Crippen molar-refractivity contribution in [3.63, 3.8) is 0 Å². The zero-order chi connectivity index (χ0) is 14.2. The Kier molecular flexibility index (Phi) is 2.67. The lowest BCUT2D eigenvalue weighted by Gasteiger charge is -2.11. The Balaban J connectivity index is 1.89. The van der Waals surface area contributed by atoms with E-state index in [-0.39, 0.29) is 0 Å².